The van der Waals surface area contributed by atoms with Crippen LogP contribution in [0.1, 0.15) is 0 Å². The summed E-state index contributed by atoms with van der Waals surface area (Å²) in [5.74, 6) is 1.72. The third-order valence-corrected chi connectivity index (χ3v) is 9.36. The first-order valence-electron chi connectivity index (χ1n) is 14.1. The van der Waals surface area contributed by atoms with Gasteiger partial charge in [-0.15, -0.1) is 11.3 Å². The molecule has 0 radical (unpaired) electrons. The van der Waals surface area contributed by atoms with Crippen LogP contribution in [0, 0.1) is 0 Å². The van der Waals surface area contributed by atoms with Crippen molar-refractivity contribution in [1.29, 1.82) is 0 Å². The fourth-order valence-corrected chi connectivity index (χ4v) is 7.37. The molecule has 0 unspecified atom stereocenters. The Kier molecular flexibility index (Phi) is 5.07. The molecule has 0 amide bonds. The van der Waals surface area contributed by atoms with Crippen LogP contribution in [0.25, 0.3) is 47.9 Å². The third kappa shape index (κ3) is 3.52. The molecule has 0 saturated heterocycles. The molecule has 2 aromatic heterocycles. The van der Waals surface area contributed by atoms with E-state index in [4.69, 9.17) is 4.74 Å². The minimum atomic E-state index is 0.860. The first kappa shape index (κ1) is 23.4. The van der Waals surface area contributed by atoms with Crippen molar-refractivity contribution >= 4 is 59.5 Å². The van der Waals surface area contributed by atoms with Gasteiger partial charge in [0.25, 0.3) is 0 Å². The van der Waals surface area contributed by atoms with Crippen LogP contribution in [0.5, 0.6) is 11.5 Å². The van der Waals surface area contributed by atoms with E-state index >= 15 is 0 Å². The van der Waals surface area contributed by atoms with Gasteiger partial charge in [0.15, 0.2) is 11.5 Å². The van der Waals surface area contributed by atoms with Crippen LogP contribution in [0.4, 0.5) is 17.1 Å². The van der Waals surface area contributed by atoms with Gasteiger partial charge in [0.2, 0.25) is 0 Å². The molecule has 9 rings (SSSR count). The van der Waals surface area contributed by atoms with E-state index in [9.17, 15) is 0 Å². The monoisotopic (exact) mass is 556 g/mol. The van der Waals surface area contributed by atoms with E-state index in [2.05, 4.69) is 131 Å². The summed E-state index contributed by atoms with van der Waals surface area (Å²) >= 11 is 1.87. The number of nitrogens with zero attached hydrogens (tertiary/aromatic N) is 2. The minimum Gasteiger partial charge on any atom is -0.453 e. The van der Waals surface area contributed by atoms with Crippen LogP contribution in [-0.4, -0.2) is 4.57 Å². The van der Waals surface area contributed by atoms with E-state index in [0.29, 0.717) is 0 Å². The first-order valence-corrected chi connectivity index (χ1v) is 14.9. The average molecular weight is 557 g/mol. The number of ether oxygens (including phenoxy) is 1. The molecule has 0 N–H and O–H groups in total. The van der Waals surface area contributed by atoms with E-state index in [1.165, 1.54) is 42.2 Å². The molecule has 0 atom stereocenters. The fourth-order valence-electron chi connectivity index (χ4n) is 6.27. The number of hydrogen-bond donors (Lipinski definition) is 0. The Morgan fingerprint density at radius 1 is 0.500 bits per heavy atom. The van der Waals surface area contributed by atoms with Crippen LogP contribution in [0.15, 0.2) is 146 Å². The molecular formula is C38H24N2OS. The Morgan fingerprint density at radius 2 is 1.17 bits per heavy atom. The number of benzene rings is 6. The van der Waals surface area contributed by atoms with Gasteiger partial charge in [-0.2, -0.15) is 0 Å². The molecular weight excluding hydrogens is 532 g/mol. The standard InChI is InChI=1S/C38H24N2OS/c1-2-8-25(9-3-1)26-14-20-36-30(24-26)38-29-22-23-39(31(29)19-21-37(38)42-36)27-15-17-28(18-16-27)40-32-10-4-6-12-34(32)41-35-13-7-5-11-33(35)40/h1-24H. The van der Waals surface area contributed by atoms with Gasteiger partial charge in [-0.05, 0) is 90.0 Å². The summed E-state index contributed by atoms with van der Waals surface area (Å²) in [6, 6.07) is 49.5. The predicted molar refractivity (Wildman–Crippen MR) is 176 cm³/mol. The molecule has 0 fully saturated rings. The molecule has 0 aliphatic carbocycles. The van der Waals surface area contributed by atoms with E-state index < -0.39 is 0 Å². The Hall–Kier alpha value is -5.32. The molecule has 3 heterocycles. The number of para-hydroxylation sites is 4. The second kappa shape index (κ2) is 9.10. The molecule has 1 aliphatic rings. The van der Waals surface area contributed by atoms with Gasteiger partial charge in [-0.3, -0.25) is 0 Å². The van der Waals surface area contributed by atoms with Crippen molar-refractivity contribution in [2.45, 2.75) is 0 Å². The minimum absolute atomic E-state index is 0.860. The largest absolute Gasteiger partial charge is 0.453 e. The van der Waals surface area contributed by atoms with Gasteiger partial charge in [0.1, 0.15) is 0 Å². The lowest BCUT2D eigenvalue weighted by atomic mass is 10.0. The molecule has 4 heteroatoms. The smallest absolute Gasteiger partial charge is 0.151 e. The average Bonchev–Trinajstić information content (AvgIpc) is 3.65. The second-order valence-electron chi connectivity index (χ2n) is 10.6. The van der Waals surface area contributed by atoms with Crippen LogP contribution in [0.3, 0.4) is 0 Å². The van der Waals surface area contributed by atoms with Gasteiger partial charge in [0, 0.05) is 43.1 Å². The lowest BCUT2D eigenvalue weighted by Gasteiger charge is -2.32. The number of aromatic nitrogens is 1. The van der Waals surface area contributed by atoms with Crippen LogP contribution >= 0.6 is 11.3 Å². The van der Waals surface area contributed by atoms with E-state index in [0.717, 1.165) is 34.2 Å². The van der Waals surface area contributed by atoms with Crippen molar-refractivity contribution in [2.24, 2.45) is 0 Å². The topological polar surface area (TPSA) is 17.4 Å². The lowest BCUT2D eigenvalue weighted by molar-refractivity contribution is 0.477. The molecule has 0 saturated carbocycles. The maximum atomic E-state index is 6.21. The fraction of sp³-hybridized carbons (Fsp3) is 0. The summed E-state index contributed by atoms with van der Waals surface area (Å²) in [5.41, 5.74) is 8.01. The molecule has 6 aromatic carbocycles. The summed E-state index contributed by atoms with van der Waals surface area (Å²) in [4.78, 5) is 2.27. The highest BCUT2D eigenvalue weighted by Crippen LogP contribution is 2.50. The summed E-state index contributed by atoms with van der Waals surface area (Å²) < 4.78 is 11.1. The summed E-state index contributed by atoms with van der Waals surface area (Å²) in [6.45, 7) is 0. The van der Waals surface area contributed by atoms with Crippen molar-refractivity contribution in [2.75, 3.05) is 4.90 Å². The molecule has 8 aromatic rings. The van der Waals surface area contributed by atoms with Crippen molar-refractivity contribution in [3.8, 4) is 28.3 Å². The lowest BCUT2D eigenvalue weighted by Crippen LogP contribution is -2.15. The zero-order valence-electron chi connectivity index (χ0n) is 22.6. The number of rotatable bonds is 3. The molecule has 42 heavy (non-hydrogen) atoms. The normalized spacial score (nSPS) is 12.4. The van der Waals surface area contributed by atoms with Crippen molar-refractivity contribution < 1.29 is 4.74 Å². The zero-order chi connectivity index (χ0) is 27.6. The summed E-state index contributed by atoms with van der Waals surface area (Å²) in [7, 11) is 0. The third-order valence-electron chi connectivity index (χ3n) is 8.23. The number of hydrogen-bond acceptors (Lipinski definition) is 3. The summed E-state index contributed by atoms with van der Waals surface area (Å²) in [6.07, 6.45) is 2.20. The van der Waals surface area contributed by atoms with Gasteiger partial charge >= 0.3 is 0 Å². The quantitative estimate of drug-likeness (QED) is 0.215. The number of thiophene rings is 1. The molecule has 0 bridgehead atoms. The summed E-state index contributed by atoms with van der Waals surface area (Å²) in [5, 5.41) is 3.94. The number of fused-ring (bicyclic) bond motifs is 7. The predicted octanol–water partition coefficient (Wildman–Crippen LogP) is 11.2. The Labute approximate surface area is 247 Å². The highest BCUT2D eigenvalue weighted by atomic mass is 32.1. The molecule has 3 nitrogen and oxygen atoms in total. The first-order chi connectivity index (χ1) is 20.8. The maximum Gasteiger partial charge on any atom is 0.151 e. The Morgan fingerprint density at radius 3 is 1.93 bits per heavy atom. The number of anilines is 3. The van der Waals surface area contributed by atoms with Crippen LogP contribution < -0.4 is 9.64 Å². The molecule has 198 valence electrons. The second-order valence-corrected chi connectivity index (χ2v) is 11.7. The Balaban J connectivity index is 1.15. The molecule has 0 spiro atoms. The van der Waals surface area contributed by atoms with Gasteiger partial charge in [-0.25, -0.2) is 0 Å². The highest BCUT2D eigenvalue weighted by molar-refractivity contribution is 7.26. The van der Waals surface area contributed by atoms with E-state index in [1.807, 2.05) is 35.6 Å². The maximum absolute atomic E-state index is 6.21. The van der Waals surface area contributed by atoms with Gasteiger partial charge < -0.3 is 14.2 Å². The van der Waals surface area contributed by atoms with Crippen molar-refractivity contribution in [3.63, 3.8) is 0 Å². The van der Waals surface area contributed by atoms with Gasteiger partial charge in [-0.1, -0.05) is 60.7 Å². The van der Waals surface area contributed by atoms with Crippen LogP contribution in [-0.2, 0) is 0 Å². The van der Waals surface area contributed by atoms with E-state index in [1.54, 1.807) is 0 Å². The van der Waals surface area contributed by atoms with Crippen molar-refractivity contribution in [1.82, 2.24) is 4.57 Å². The van der Waals surface area contributed by atoms with Crippen molar-refractivity contribution in [3.05, 3.63) is 146 Å². The van der Waals surface area contributed by atoms with Gasteiger partial charge in [0.05, 0.1) is 16.9 Å². The highest BCUT2D eigenvalue weighted by Gasteiger charge is 2.25. The Bertz CT molecular complexity index is 2230. The molecule has 1 aliphatic heterocycles. The zero-order valence-corrected chi connectivity index (χ0v) is 23.4. The SMILES string of the molecule is c1ccc(-c2ccc3sc4ccc5c(ccn5-c5ccc(N6c7ccccc7Oc7ccccc76)cc5)c4c3c2)cc1. The van der Waals surface area contributed by atoms with Crippen LogP contribution in [0.2, 0.25) is 0 Å². The van der Waals surface area contributed by atoms with E-state index in [-0.39, 0.29) is 0 Å².